The highest BCUT2D eigenvalue weighted by Crippen LogP contribution is 2.18. The van der Waals surface area contributed by atoms with Gasteiger partial charge in [-0.3, -0.25) is 4.79 Å². The van der Waals surface area contributed by atoms with E-state index in [0.29, 0.717) is 13.1 Å². The van der Waals surface area contributed by atoms with E-state index in [0.717, 1.165) is 29.1 Å². The third-order valence-electron chi connectivity index (χ3n) is 3.55. The Morgan fingerprint density at radius 3 is 2.64 bits per heavy atom. The van der Waals surface area contributed by atoms with E-state index in [2.05, 4.69) is 10.4 Å². The molecule has 5 nitrogen and oxygen atoms in total. The molecule has 0 bridgehead atoms. The topological polar surface area (TPSA) is 72.9 Å². The van der Waals surface area contributed by atoms with Crippen molar-refractivity contribution in [3.8, 4) is 5.69 Å². The van der Waals surface area contributed by atoms with Crippen LogP contribution in [0.15, 0.2) is 24.3 Å². The zero-order valence-corrected chi connectivity index (χ0v) is 12.9. The quantitative estimate of drug-likeness (QED) is 0.797. The van der Waals surface area contributed by atoms with Crippen LogP contribution >= 0.6 is 0 Å². The second-order valence-electron chi connectivity index (χ2n) is 5.21. The Morgan fingerprint density at radius 1 is 1.32 bits per heavy atom. The fourth-order valence-corrected chi connectivity index (χ4v) is 2.32. The number of carbonyl (C=O) groups excluding carboxylic acids is 1. The van der Waals surface area contributed by atoms with Crippen LogP contribution < -0.4 is 11.1 Å². The number of nitrogens with one attached hydrogen (secondary N) is 1. The molecule has 118 valence electrons. The number of benzene rings is 1. The second kappa shape index (κ2) is 7.17. The lowest BCUT2D eigenvalue weighted by atomic mass is 10.1. The fourth-order valence-electron chi connectivity index (χ4n) is 2.32. The molecule has 0 aliphatic heterocycles. The number of aryl methyl sites for hydroxylation is 1. The van der Waals surface area contributed by atoms with Gasteiger partial charge >= 0.3 is 0 Å². The van der Waals surface area contributed by atoms with Gasteiger partial charge in [0.15, 0.2) is 0 Å². The first-order valence-corrected chi connectivity index (χ1v) is 7.30. The van der Waals surface area contributed by atoms with Crippen LogP contribution in [-0.4, -0.2) is 28.8 Å². The number of hydrogen-bond acceptors (Lipinski definition) is 3. The Morgan fingerprint density at radius 2 is 2.00 bits per heavy atom. The van der Waals surface area contributed by atoms with E-state index in [-0.39, 0.29) is 18.1 Å². The molecule has 0 atom stereocenters. The number of amides is 1. The minimum atomic E-state index is -0.287. The van der Waals surface area contributed by atoms with Crippen LogP contribution in [0.25, 0.3) is 5.69 Å². The van der Waals surface area contributed by atoms with Crippen molar-refractivity contribution in [3.05, 3.63) is 47.0 Å². The molecule has 3 N–H and O–H groups in total. The van der Waals surface area contributed by atoms with E-state index in [9.17, 15) is 9.18 Å². The first-order chi connectivity index (χ1) is 10.5. The largest absolute Gasteiger partial charge is 0.356 e. The number of carbonyl (C=O) groups is 1. The molecule has 6 heteroatoms. The van der Waals surface area contributed by atoms with Gasteiger partial charge < -0.3 is 11.1 Å². The maximum Gasteiger partial charge on any atom is 0.224 e. The maximum atomic E-state index is 13.0. The summed E-state index contributed by atoms with van der Waals surface area (Å²) in [6.45, 7) is 4.92. The number of hydrogen-bond donors (Lipinski definition) is 2. The summed E-state index contributed by atoms with van der Waals surface area (Å²) in [5, 5.41) is 7.29. The molecule has 0 fully saturated rings. The van der Waals surface area contributed by atoms with Gasteiger partial charge in [0.2, 0.25) is 5.91 Å². The predicted octanol–water partition coefficient (Wildman–Crippen LogP) is 1.64. The minimum Gasteiger partial charge on any atom is -0.356 e. The third kappa shape index (κ3) is 3.71. The molecular weight excluding hydrogens is 283 g/mol. The molecule has 0 spiro atoms. The molecule has 1 heterocycles. The SMILES string of the molecule is Cc1nn(-c2ccc(F)cc2)c(C)c1CC(=O)NCCCN. The zero-order valence-electron chi connectivity index (χ0n) is 12.9. The molecule has 0 radical (unpaired) electrons. The first-order valence-electron chi connectivity index (χ1n) is 7.30. The summed E-state index contributed by atoms with van der Waals surface area (Å²) in [7, 11) is 0. The highest BCUT2D eigenvalue weighted by molar-refractivity contribution is 5.79. The molecule has 0 aliphatic rings. The number of rotatable bonds is 6. The highest BCUT2D eigenvalue weighted by Gasteiger charge is 2.15. The Bertz CT molecular complexity index is 649. The van der Waals surface area contributed by atoms with Crippen molar-refractivity contribution >= 4 is 5.91 Å². The monoisotopic (exact) mass is 304 g/mol. The lowest BCUT2D eigenvalue weighted by Gasteiger charge is -2.06. The Hall–Kier alpha value is -2.21. The summed E-state index contributed by atoms with van der Waals surface area (Å²) in [6.07, 6.45) is 1.04. The third-order valence-corrected chi connectivity index (χ3v) is 3.55. The van der Waals surface area contributed by atoms with Gasteiger partial charge in [0.05, 0.1) is 17.8 Å². The normalized spacial score (nSPS) is 10.7. The van der Waals surface area contributed by atoms with Crippen LogP contribution in [-0.2, 0) is 11.2 Å². The van der Waals surface area contributed by atoms with Crippen molar-refractivity contribution in [2.45, 2.75) is 26.7 Å². The summed E-state index contributed by atoms with van der Waals surface area (Å²) < 4.78 is 14.7. The molecule has 1 aromatic heterocycles. The van der Waals surface area contributed by atoms with Crippen LogP contribution in [0.2, 0.25) is 0 Å². The van der Waals surface area contributed by atoms with Crippen molar-refractivity contribution in [1.82, 2.24) is 15.1 Å². The van der Waals surface area contributed by atoms with Gasteiger partial charge in [-0.2, -0.15) is 5.10 Å². The highest BCUT2D eigenvalue weighted by atomic mass is 19.1. The molecule has 0 saturated heterocycles. The summed E-state index contributed by atoms with van der Waals surface area (Å²) in [6, 6.07) is 6.12. The van der Waals surface area contributed by atoms with Gasteiger partial charge in [-0.15, -0.1) is 0 Å². The van der Waals surface area contributed by atoms with Crippen molar-refractivity contribution in [3.63, 3.8) is 0 Å². The molecular formula is C16H21FN4O. The van der Waals surface area contributed by atoms with E-state index < -0.39 is 0 Å². The van der Waals surface area contributed by atoms with Gasteiger partial charge in [-0.25, -0.2) is 9.07 Å². The summed E-state index contributed by atoms with van der Waals surface area (Å²) in [5.41, 5.74) is 8.76. The van der Waals surface area contributed by atoms with Gasteiger partial charge in [0.25, 0.3) is 0 Å². The summed E-state index contributed by atoms with van der Waals surface area (Å²) >= 11 is 0. The molecule has 0 unspecified atom stereocenters. The fraction of sp³-hybridized carbons (Fsp3) is 0.375. The van der Waals surface area contributed by atoms with Crippen LogP contribution in [0.5, 0.6) is 0 Å². The standard InChI is InChI=1S/C16H21FN4O/c1-11-15(10-16(22)19-9-3-8-18)12(2)21(20-11)14-6-4-13(17)5-7-14/h4-7H,3,8-10,18H2,1-2H3,(H,19,22). The van der Waals surface area contributed by atoms with Crippen molar-refractivity contribution in [2.24, 2.45) is 5.73 Å². The maximum absolute atomic E-state index is 13.0. The molecule has 1 aromatic carbocycles. The van der Waals surface area contributed by atoms with Crippen molar-refractivity contribution in [2.75, 3.05) is 13.1 Å². The van der Waals surface area contributed by atoms with E-state index in [1.807, 2.05) is 13.8 Å². The number of nitrogens with two attached hydrogens (primary N) is 1. The van der Waals surface area contributed by atoms with E-state index in [1.165, 1.54) is 12.1 Å². The van der Waals surface area contributed by atoms with Gasteiger partial charge in [-0.1, -0.05) is 0 Å². The van der Waals surface area contributed by atoms with Crippen molar-refractivity contribution < 1.29 is 9.18 Å². The minimum absolute atomic E-state index is 0.0432. The summed E-state index contributed by atoms with van der Waals surface area (Å²) in [5.74, 6) is -0.330. The van der Waals surface area contributed by atoms with E-state index >= 15 is 0 Å². The van der Waals surface area contributed by atoms with Crippen LogP contribution in [0.4, 0.5) is 4.39 Å². The smallest absolute Gasteiger partial charge is 0.224 e. The molecule has 0 saturated carbocycles. The molecule has 0 aliphatic carbocycles. The first kappa shape index (κ1) is 16.2. The van der Waals surface area contributed by atoms with E-state index in [4.69, 9.17) is 5.73 Å². The second-order valence-corrected chi connectivity index (χ2v) is 5.21. The van der Waals surface area contributed by atoms with Crippen molar-refractivity contribution in [1.29, 1.82) is 0 Å². The van der Waals surface area contributed by atoms with Crippen LogP contribution in [0, 0.1) is 19.7 Å². The van der Waals surface area contributed by atoms with Gasteiger partial charge in [0.1, 0.15) is 5.82 Å². The predicted molar refractivity (Wildman–Crippen MR) is 83.4 cm³/mol. The zero-order chi connectivity index (χ0) is 16.1. The molecule has 1 amide bonds. The average Bonchev–Trinajstić information content (AvgIpc) is 2.76. The number of halogens is 1. The molecule has 2 aromatic rings. The lowest BCUT2D eigenvalue weighted by molar-refractivity contribution is -0.120. The number of nitrogens with zero attached hydrogens (tertiary/aromatic N) is 2. The van der Waals surface area contributed by atoms with E-state index in [1.54, 1.807) is 16.8 Å². The van der Waals surface area contributed by atoms with Gasteiger partial charge in [-0.05, 0) is 51.1 Å². The number of aromatic nitrogens is 2. The Kier molecular flexibility index (Phi) is 5.27. The molecule has 2 rings (SSSR count). The molecule has 22 heavy (non-hydrogen) atoms. The lowest BCUT2D eigenvalue weighted by Crippen LogP contribution is -2.27. The van der Waals surface area contributed by atoms with Gasteiger partial charge in [0, 0.05) is 17.8 Å². The van der Waals surface area contributed by atoms with Crippen LogP contribution in [0.3, 0.4) is 0 Å². The summed E-state index contributed by atoms with van der Waals surface area (Å²) in [4.78, 5) is 11.9. The van der Waals surface area contributed by atoms with Crippen LogP contribution in [0.1, 0.15) is 23.4 Å². The Labute approximate surface area is 129 Å². The average molecular weight is 304 g/mol. The Balaban J connectivity index is 2.16.